The molecule has 4 rings (SSSR count). The molecule has 2 aromatic carbocycles. The highest BCUT2D eigenvalue weighted by Gasteiger charge is 2.22. The van der Waals surface area contributed by atoms with Crippen molar-refractivity contribution in [1.29, 1.82) is 0 Å². The van der Waals surface area contributed by atoms with Crippen LogP contribution in [0.2, 0.25) is 0 Å². The van der Waals surface area contributed by atoms with Crippen LogP contribution in [0.4, 0.5) is 11.1 Å². The quantitative estimate of drug-likeness (QED) is 0.522. The van der Waals surface area contributed by atoms with Crippen molar-refractivity contribution in [2.75, 3.05) is 10.2 Å². The van der Waals surface area contributed by atoms with Crippen LogP contribution in [-0.4, -0.2) is 26.8 Å². The molecule has 8 heteroatoms. The maximum atomic E-state index is 12.8. The van der Waals surface area contributed by atoms with Crippen molar-refractivity contribution in [3.63, 3.8) is 0 Å². The molecule has 0 aliphatic carbocycles. The van der Waals surface area contributed by atoms with Gasteiger partial charge in [0.15, 0.2) is 5.13 Å². The average molecular weight is 405 g/mol. The Morgan fingerprint density at radius 3 is 2.52 bits per heavy atom. The first-order valence-corrected chi connectivity index (χ1v) is 9.88. The lowest BCUT2D eigenvalue weighted by Crippen LogP contribution is -2.27. The lowest BCUT2D eigenvalue weighted by molar-refractivity contribution is -0.116. The van der Waals surface area contributed by atoms with Crippen molar-refractivity contribution >= 4 is 45.3 Å². The molecule has 2 N–H and O–H groups in total. The minimum Gasteiger partial charge on any atom is -0.324 e. The van der Waals surface area contributed by atoms with Gasteiger partial charge in [-0.15, -0.1) is 0 Å². The second-order valence-corrected chi connectivity index (χ2v) is 7.54. The van der Waals surface area contributed by atoms with E-state index >= 15 is 0 Å². The molecule has 4 aromatic rings. The maximum Gasteiger partial charge on any atom is 0.270 e. The molecule has 146 valence electrons. The normalized spacial score (nSPS) is 10.8. The highest BCUT2D eigenvalue weighted by molar-refractivity contribution is 7.17. The van der Waals surface area contributed by atoms with Gasteiger partial charge in [-0.2, -0.15) is 0 Å². The second kappa shape index (κ2) is 7.84. The lowest BCUT2D eigenvalue weighted by Gasteiger charge is -2.17. The molecule has 0 unspecified atom stereocenters. The Balaban J connectivity index is 1.57. The number of fused-ring (bicyclic) bond motifs is 1. The Morgan fingerprint density at radius 1 is 1.07 bits per heavy atom. The number of H-pyrrole nitrogens is 1. The van der Waals surface area contributed by atoms with Crippen LogP contribution in [-0.2, 0) is 11.3 Å². The number of nitrogens with one attached hydrogen (secondary N) is 2. The molecule has 2 aromatic heterocycles. The van der Waals surface area contributed by atoms with Gasteiger partial charge in [-0.3, -0.25) is 19.8 Å². The number of carbonyl (C=O) groups excluding carboxylic acids is 2. The molecule has 0 fully saturated rings. The largest absolute Gasteiger partial charge is 0.324 e. The number of aryl methyl sites for hydroxylation is 1. The number of benzene rings is 2. The SMILES string of the molecule is CC(=O)N(Cc1ccccc1)c1nc(C)c(C(=O)Nc2nc3ccccc3[nH]2)s1. The fourth-order valence-electron chi connectivity index (χ4n) is 2.96. The molecular weight excluding hydrogens is 386 g/mol. The van der Waals surface area contributed by atoms with E-state index in [1.807, 2.05) is 54.6 Å². The predicted octanol–water partition coefficient (Wildman–Crippen LogP) is 4.13. The van der Waals surface area contributed by atoms with E-state index in [2.05, 4.69) is 20.3 Å². The van der Waals surface area contributed by atoms with Crippen molar-refractivity contribution in [3.8, 4) is 0 Å². The number of imidazole rings is 1. The molecule has 0 saturated heterocycles. The molecule has 0 spiro atoms. The summed E-state index contributed by atoms with van der Waals surface area (Å²) in [5.74, 6) is -0.0707. The first-order valence-electron chi connectivity index (χ1n) is 9.07. The zero-order chi connectivity index (χ0) is 20.4. The first kappa shape index (κ1) is 18.8. The summed E-state index contributed by atoms with van der Waals surface area (Å²) >= 11 is 1.19. The van der Waals surface area contributed by atoms with Crippen LogP contribution in [0.3, 0.4) is 0 Å². The van der Waals surface area contributed by atoms with E-state index in [0.717, 1.165) is 16.6 Å². The van der Waals surface area contributed by atoms with Crippen molar-refractivity contribution in [2.24, 2.45) is 0 Å². The Bertz CT molecular complexity index is 1150. The molecular formula is C21H19N5O2S. The average Bonchev–Trinajstić information content (AvgIpc) is 3.29. The fraction of sp³-hybridized carbons (Fsp3) is 0.143. The lowest BCUT2D eigenvalue weighted by atomic mass is 10.2. The number of carbonyl (C=O) groups is 2. The Hall–Kier alpha value is -3.52. The van der Waals surface area contributed by atoms with Crippen LogP contribution in [0.1, 0.15) is 27.9 Å². The number of para-hydroxylation sites is 2. The number of hydrogen-bond acceptors (Lipinski definition) is 5. The zero-order valence-electron chi connectivity index (χ0n) is 16.0. The van der Waals surface area contributed by atoms with Gasteiger partial charge in [0.25, 0.3) is 5.91 Å². The van der Waals surface area contributed by atoms with Crippen molar-refractivity contribution in [1.82, 2.24) is 15.0 Å². The van der Waals surface area contributed by atoms with Gasteiger partial charge in [-0.05, 0) is 24.6 Å². The zero-order valence-corrected chi connectivity index (χ0v) is 16.8. The van der Waals surface area contributed by atoms with Crippen LogP contribution in [0.15, 0.2) is 54.6 Å². The van der Waals surface area contributed by atoms with Gasteiger partial charge in [0.2, 0.25) is 11.9 Å². The van der Waals surface area contributed by atoms with Crippen LogP contribution >= 0.6 is 11.3 Å². The highest BCUT2D eigenvalue weighted by atomic mass is 32.1. The summed E-state index contributed by atoms with van der Waals surface area (Å²) in [5.41, 5.74) is 3.17. The number of anilines is 2. The highest BCUT2D eigenvalue weighted by Crippen LogP contribution is 2.28. The van der Waals surface area contributed by atoms with Crippen LogP contribution in [0.25, 0.3) is 11.0 Å². The molecule has 0 bridgehead atoms. The third-order valence-corrected chi connectivity index (χ3v) is 5.59. The molecule has 0 saturated carbocycles. The van der Waals surface area contributed by atoms with E-state index in [1.165, 1.54) is 18.3 Å². The molecule has 2 amide bonds. The van der Waals surface area contributed by atoms with Gasteiger partial charge in [-0.1, -0.05) is 53.8 Å². The predicted molar refractivity (Wildman–Crippen MR) is 114 cm³/mol. The molecule has 2 heterocycles. The van der Waals surface area contributed by atoms with Crippen molar-refractivity contribution < 1.29 is 9.59 Å². The Morgan fingerprint density at radius 2 is 1.79 bits per heavy atom. The first-order chi connectivity index (χ1) is 14.0. The van der Waals surface area contributed by atoms with Gasteiger partial charge in [0.05, 0.1) is 23.3 Å². The molecule has 0 radical (unpaired) electrons. The molecule has 7 nitrogen and oxygen atoms in total. The van der Waals surface area contributed by atoms with E-state index in [-0.39, 0.29) is 11.8 Å². The smallest absolute Gasteiger partial charge is 0.270 e. The summed E-state index contributed by atoms with van der Waals surface area (Å²) in [6.45, 7) is 3.65. The number of aromatic nitrogens is 3. The molecule has 29 heavy (non-hydrogen) atoms. The number of rotatable bonds is 5. The van der Waals surface area contributed by atoms with Crippen LogP contribution in [0.5, 0.6) is 0 Å². The Kier molecular flexibility index (Phi) is 5.09. The molecule has 0 aliphatic heterocycles. The topological polar surface area (TPSA) is 91.0 Å². The molecule has 0 aliphatic rings. The molecule has 0 atom stereocenters. The summed E-state index contributed by atoms with van der Waals surface area (Å²) < 4.78 is 0. The fourth-order valence-corrected chi connectivity index (χ4v) is 3.97. The van der Waals surface area contributed by atoms with E-state index in [4.69, 9.17) is 0 Å². The standard InChI is InChI=1S/C21H19N5O2S/c1-13-18(19(28)25-20-23-16-10-6-7-11-17(16)24-20)29-21(22-13)26(14(2)27)12-15-8-4-3-5-9-15/h3-11H,12H2,1-2H3,(H2,23,24,25,28). The number of aromatic amines is 1. The maximum absolute atomic E-state index is 12.8. The number of hydrogen-bond donors (Lipinski definition) is 2. The van der Waals surface area contributed by atoms with Gasteiger partial charge < -0.3 is 4.98 Å². The summed E-state index contributed by atoms with van der Waals surface area (Å²) in [7, 11) is 0. The third-order valence-electron chi connectivity index (χ3n) is 4.41. The summed E-state index contributed by atoms with van der Waals surface area (Å²) in [6, 6.07) is 17.2. The van der Waals surface area contributed by atoms with Gasteiger partial charge in [0.1, 0.15) is 4.88 Å². The summed E-state index contributed by atoms with van der Waals surface area (Å²) in [4.78, 5) is 38.9. The second-order valence-electron chi connectivity index (χ2n) is 6.56. The van der Waals surface area contributed by atoms with E-state index in [1.54, 1.807) is 11.8 Å². The van der Waals surface area contributed by atoms with Gasteiger partial charge >= 0.3 is 0 Å². The minimum atomic E-state index is -0.312. The van der Waals surface area contributed by atoms with E-state index < -0.39 is 0 Å². The van der Waals surface area contributed by atoms with Gasteiger partial charge in [0, 0.05) is 6.92 Å². The van der Waals surface area contributed by atoms with Crippen molar-refractivity contribution in [2.45, 2.75) is 20.4 Å². The Labute approximate surface area is 171 Å². The summed E-state index contributed by atoms with van der Waals surface area (Å²) in [6.07, 6.45) is 0. The van der Waals surface area contributed by atoms with Crippen LogP contribution < -0.4 is 10.2 Å². The minimum absolute atomic E-state index is 0.133. The number of nitrogens with zero attached hydrogens (tertiary/aromatic N) is 3. The van der Waals surface area contributed by atoms with E-state index in [0.29, 0.717) is 28.2 Å². The van der Waals surface area contributed by atoms with Crippen molar-refractivity contribution in [3.05, 3.63) is 70.7 Å². The van der Waals surface area contributed by atoms with Crippen LogP contribution in [0, 0.1) is 6.92 Å². The number of thiazole rings is 1. The summed E-state index contributed by atoms with van der Waals surface area (Å²) in [5, 5.41) is 3.28. The van der Waals surface area contributed by atoms with Gasteiger partial charge in [-0.25, -0.2) is 9.97 Å². The monoisotopic (exact) mass is 405 g/mol. The number of amides is 2. The van der Waals surface area contributed by atoms with E-state index in [9.17, 15) is 9.59 Å². The third kappa shape index (κ3) is 4.02.